The molecule has 1 unspecified atom stereocenters. The van der Waals surface area contributed by atoms with E-state index in [0.29, 0.717) is 17.9 Å². The quantitative estimate of drug-likeness (QED) is 0.730. The van der Waals surface area contributed by atoms with Gasteiger partial charge in [-0.25, -0.2) is 0 Å². The number of hydrogen-bond acceptors (Lipinski definition) is 3. The molecule has 0 aliphatic carbocycles. The van der Waals surface area contributed by atoms with Crippen LogP contribution in [0.25, 0.3) is 0 Å². The van der Waals surface area contributed by atoms with Gasteiger partial charge < -0.3 is 10.4 Å². The Morgan fingerprint density at radius 1 is 1.22 bits per heavy atom. The number of nitrogens with one attached hydrogen (secondary N) is 1. The highest BCUT2D eigenvalue weighted by Crippen LogP contribution is 2.14. The van der Waals surface area contributed by atoms with Gasteiger partial charge in [0.25, 0.3) is 0 Å². The van der Waals surface area contributed by atoms with Crippen molar-refractivity contribution in [1.29, 1.82) is 0 Å². The highest BCUT2D eigenvalue weighted by Gasteiger charge is 2.13. The Morgan fingerprint density at radius 2 is 1.83 bits per heavy atom. The molecule has 3 heteroatoms. The molecule has 100 valence electrons. The van der Waals surface area contributed by atoms with Gasteiger partial charge in [-0.3, -0.25) is 4.79 Å². The third-order valence-corrected chi connectivity index (χ3v) is 2.99. The van der Waals surface area contributed by atoms with Crippen molar-refractivity contribution >= 4 is 11.5 Å². The lowest BCUT2D eigenvalue weighted by Gasteiger charge is -2.11. The summed E-state index contributed by atoms with van der Waals surface area (Å²) in [5.74, 6) is 0.568. The number of hydrogen-bond donors (Lipinski definition) is 2. The summed E-state index contributed by atoms with van der Waals surface area (Å²) in [6.07, 6.45) is 1.33. The minimum absolute atomic E-state index is 0.00825. The van der Waals surface area contributed by atoms with Crippen molar-refractivity contribution in [1.82, 2.24) is 0 Å². The third kappa shape index (κ3) is 4.88. The highest BCUT2D eigenvalue weighted by atomic mass is 16.3. The summed E-state index contributed by atoms with van der Waals surface area (Å²) in [6, 6.07) is 7.33. The fourth-order valence-electron chi connectivity index (χ4n) is 1.78. The number of anilines is 1. The zero-order valence-electron chi connectivity index (χ0n) is 11.4. The molecule has 1 aromatic carbocycles. The normalized spacial score (nSPS) is 12.5. The second-order valence-electron chi connectivity index (χ2n) is 5.08. The first-order chi connectivity index (χ1) is 8.52. The van der Waals surface area contributed by atoms with Crippen molar-refractivity contribution < 1.29 is 9.90 Å². The molecule has 0 fully saturated rings. The summed E-state index contributed by atoms with van der Waals surface area (Å²) in [5.41, 5.74) is 1.64. The molecule has 1 rings (SSSR count). The molecular weight excluding hydrogens is 226 g/mol. The molecule has 3 nitrogen and oxygen atoms in total. The lowest BCUT2D eigenvalue weighted by atomic mass is 9.99. The van der Waals surface area contributed by atoms with E-state index < -0.39 is 6.10 Å². The summed E-state index contributed by atoms with van der Waals surface area (Å²) >= 11 is 0. The van der Waals surface area contributed by atoms with Crippen LogP contribution in [0.2, 0.25) is 0 Å². The molecular formula is C15H23NO2. The van der Waals surface area contributed by atoms with E-state index in [1.54, 1.807) is 12.1 Å². The van der Waals surface area contributed by atoms with Gasteiger partial charge in [-0.05, 0) is 43.0 Å². The van der Waals surface area contributed by atoms with Gasteiger partial charge in [0, 0.05) is 24.7 Å². The van der Waals surface area contributed by atoms with Gasteiger partial charge in [-0.15, -0.1) is 0 Å². The molecule has 0 radical (unpaired) electrons. The molecule has 0 saturated carbocycles. The Balaban J connectivity index is 2.48. The molecule has 0 spiro atoms. The van der Waals surface area contributed by atoms with E-state index in [1.807, 2.05) is 19.2 Å². The fourth-order valence-corrected chi connectivity index (χ4v) is 1.78. The predicted molar refractivity (Wildman–Crippen MR) is 75.0 cm³/mol. The van der Waals surface area contributed by atoms with Crippen molar-refractivity contribution in [2.24, 2.45) is 5.92 Å². The van der Waals surface area contributed by atoms with Gasteiger partial charge in [-0.1, -0.05) is 13.8 Å². The van der Waals surface area contributed by atoms with Crippen LogP contribution in [0.4, 0.5) is 5.69 Å². The van der Waals surface area contributed by atoms with E-state index in [1.165, 1.54) is 0 Å². The molecule has 0 amide bonds. The maximum Gasteiger partial charge on any atom is 0.165 e. The Hall–Kier alpha value is -1.35. The van der Waals surface area contributed by atoms with Crippen LogP contribution in [-0.4, -0.2) is 24.0 Å². The predicted octanol–water partition coefficient (Wildman–Crippen LogP) is 3.10. The average Bonchev–Trinajstić information content (AvgIpc) is 2.36. The van der Waals surface area contributed by atoms with Gasteiger partial charge >= 0.3 is 0 Å². The fraction of sp³-hybridized carbons (Fsp3) is 0.533. The van der Waals surface area contributed by atoms with Crippen LogP contribution in [0, 0.1) is 5.92 Å². The van der Waals surface area contributed by atoms with Crippen molar-refractivity contribution in [2.45, 2.75) is 39.2 Å². The number of carbonyl (C=O) groups excluding carboxylic acids is 1. The minimum atomic E-state index is -0.524. The molecule has 0 bridgehead atoms. The highest BCUT2D eigenvalue weighted by molar-refractivity contribution is 5.96. The molecule has 0 aliphatic heterocycles. The van der Waals surface area contributed by atoms with Crippen LogP contribution in [0.3, 0.4) is 0 Å². The Labute approximate surface area is 109 Å². The molecule has 0 heterocycles. The van der Waals surface area contributed by atoms with E-state index in [-0.39, 0.29) is 12.2 Å². The van der Waals surface area contributed by atoms with Crippen LogP contribution in [0.5, 0.6) is 0 Å². The maximum atomic E-state index is 11.9. The largest absolute Gasteiger partial charge is 0.393 e. The minimum Gasteiger partial charge on any atom is -0.393 e. The van der Waals surface area contributed by atoms with Gasteiger partial charge in [0.05, 0.1) is 6.10 Å². The summed E-state index contributed by atoms with van der Waals surface area (Å²) < 4.78 is 0. The van der Waals surface area contributed by atoms with Crippen LogP contribution < -0.4 is 5.32 Å². The number of aliphatic hydroxyl groups is 1. The van der Waals surface area contributed by atoms with E-state index in [9.17, 15) is 9.90 Å². The number of carbonyl (C=O) groups is 1. The zero-order valence-corrected chi connectivity index (χ0v) is 11.4. The molecule has 0 aromatic heterocycles. The first kappa shape index (κ1) is 14.7. The van der Waals surface area contributed by atoms with Crippen molar-refractivity contribution in [3.05, 3.63) is 29.8 Å². The van der Waals surface area contributed by atoms with Crippen LogP contribution in [0.1, 0.15) is 43.5 Å². The number of benzene rings is 1. The van der Waals surface area contributed by atoms with Gasteiger partial charge in [0.2, 0.25) is 0 Å². The van der Waals surface area contributed by atoms with Crippen molar-refractivity contribution in [2.75, 3.05) is 12.4 Å². The van der Waals surface area contributed by atoms with Crippen molar-refractivity contribution in [3.63, 3.8) is 0 Å². The topological polar surface area (TPSA) is 49.3 Å². The molecule has 0 saturated heterocycles. The summed E-state index contributed by atoms with van der Waals surface area (Å²) in [5, 5.41) is 12.8. The number of Topliss-reactive ketones (excluding diaryl/α,β-unsaturated/α-hetero) is 1. The maximum absolute atomic E-state index is 11.9. The van der Waals surface area contributed by atoms with Crippen LogP contribution in [-0.2, 0) is 0 Å². The number of rotatable bonds is 7. The molecule has 0 aliphatic rings. The van der Waals surface area contributed by atoms with Gasteiger partial charge in [0.15, 0.2) is 5.78 Å². The molecule has 1 atom stereocenters. The smallest absolute Gasteiger partial charge is 0.165 e. The molecule has 18 heavy (non-hydrogen) atoms. The Kier molecular flexibility index (Phi) is 5.86. The summed E-state index contributed by atoms with van der Waals surface area (Å²) in [6.45, 7) is 4.23. The average molecular weight is 249 g/mol. The lowest BCUT2D eigenvalue weighted by Crippen LogP contribution is -2.14. The third-order valence-electron chi connectivity index (χ3n) is 2.99. The molecule has 1 aromatic rings. The zero-order chi connectivity index (χ0) is 13.5. The summed E-state index contributed by atoms with van der Waals surface area (Å²) in [7, 11) is 1.84. The second kappa shape index (κ2) is 7.17. The van der Waals surface area contributed by atoms with Crippen molar-refractivity contribution in [3.8, 4) is 0 Å². The lowest BCUT2D eigenvalue weighted by molar-refractivity contribution is 0.0859. The van der Waals surface area contributed by atoms with Gasteiger partial charge in [-0.2, -0.15) is 0 Å². The van der Waals surface area contributed by atoms with Crippen LogP contribution in [0.15, 0.2) is 24.3 Å². The monoisotopic (exact) mass is 249 g/mol. The van der Waals surface area contributed by atoms with E-state index >= 15 is 0 Å². The number of aliphatic hydroxyl groups excluding tert-OH is 1. The SMILES string of the molecule is CNc1ccc(C(=O)CC(O)CCC(C)C)cc1. The summed E-state index contributed by atoms with van der Waals surface area (Å²) in [4.78, 5) is 11.9. The first-order valence-corrected chi connectivity index (χ1v) is 6.52. The molecule has 2 N–H and O–H groups in total. The van der Waals surface area contributed by atoms with Gasteiger partial charge in [0.1, 0.15) is 0 Å². The van der Waals surface area contributed by atoms with E-state index in [2.05, 4.69) is 19.2 Å². The second-order valence-corrected chi connectivity index (χ2v) is 5.08. The van der Waals surface area contributed by atoms with Crippen LogP contribution >= 0.6 is 0 Å². The number of ketones is 1. The standard InChI is InChI=1S/C15H23NO2/c1-11(2)4-9-14(17)10-15(18)12-5-7-13(16-3)8-6-12/h5-8,11,14,16-17H,4,9-10H2,1-3H3. The van der Waals surface area contributed by atoms with E-state index in [0.717, 1.165) is 12.1 Å². The van der Waals surface area contributed by atoms with E-state index in [4.69, 9.17) is 0 Å². The Bertz CT molecular complexity index is 371. The first-order valence-electron chi connectivity index (χ1n) is 6.52. The Morgan fingerprint density at radius 3 is 2.33 bits per heavy atom.